The first kappa shape index (κ1) is 15.3. The third kappa shape index (κ3) is 4.11. The van der Waals surface area contributed by atoms with Crippen molar-refractivity contribution in [3.63, 3.8) is 0 Å². The van der Waals surface area contributed by atoms with E-state index in [2.05, 4.69) is 15.0 Å². The number of aromatic nitrogens is 1. The molecule has 0 radical (unpaired) electrons. The molecule has 1 rings (SSSR count). The van der Waals surface area contributed by atoms with Crippen molar-refractivity contribution in [1.29, 1.82) is 0 Å². The minimum absolute atomic E-state index is 0.0149. The van der Waals surface area contributed by atoms with Gasteiger partial charge in [-0.25, -0.2) is 9.78 Å². The number of ether oxygens (including phenoxy) is 1. The molecule has 0 saturated carbocycles. The molecule has 1 aromatic rings. The summed E-state index contributed by atoms with van der Waals surface area (Å²) < 4.78 is 42.2. The van der Waals surface area contributed by atoms with Crippen LogP contribution < -0.4 is 5.32 Å². The zero-order valence-electron chi connectivity index (χ0n) is 10.8. The number of esters is 1. The highest BCUT2D eigenvalue weighted by Crippen LogP contribution is 2.30. The first-order valence-corrected chi connectivity index (χ1v) is 5.63. The Morgan fingerprint density at radius 3 is 2.53 bits per heavy atom. The van der Waals surface area contributed by atoms with E-state index in [4.69, 9.17) is 0 Å². The molecule has 0 amide bonds. The smallest absolute Gasteiger partial charge is 0.416 e. The molecule has 106 valence electrons. The third-order valence-electron chi connectivity index (χ3n) is 2.51. The van der Waals surface area contributed by atoms with Crippen molar-refractivity contribution in [1.82, 2.24) is 4.98 Å². The van der Waals surface area contributed by atoms with Gasteiger partial charge in [0, 0.05) is 6.20 Å². The Hall–Kier alpha value is -1.79. The molecule has 7 heteroatoms. The maximum Gasteiger partial charge on any atom is 0.416 e. The predicted molar refractivity (Wildman–Crippen MR) is 63.5 cm³/mol. The fraction of sp³-hybridized carbons (Fsp3) is 0.500. The van der Waals surface area contributed by atoms with Gasteiger partial charge in [0.05, 0.1) is 12.7 Å². The number of nitrogens with zero attached hydrogens (tertiary/aromatic N) is 1. The highest BCUT2D eigenvalue weighted by atomic mass is 19.4. The summed E-state index contributed by atoms with van der Waals surface area (Å²) >= 11 is 0. The quantitative estimate of drug-likeness (QED) is 0.859. The van der Waals surface area contributed by atoms with E-state index < -0.39 is 23.8 Å². The Morgan fingerprint density at radius 2 is 2.05 bits per heavy atom. The second-order valence-corrected chi connectivity index (χ2v) is 4.32. The average Bonchev–Trinajstić information content (AvgIpc) is 2.34. The maximum atomic E-state index is 12.5. The normalized spacial score (nSPS) is 13.2. The standard InChI is InChI=1S/C12H15F3N2O2/c1-7(2)10(11(18)19-3)17-9-6-8(4-5-16-9)12(13,14)15/h4-7,10H,1-3H3,(H,16,17). The van der Waals surface area contributed by atoms with Crippen molar-refractivity contribution in [2.45, 2.75) is 26.1 Å². The van der Waals surface area contributed by atoms with Crippen LogP contribution in [0.5, 0.6) is 0 Å². The molecule has 0 fully saturated rings. The molecule has 0 spiro atoms. The average molecular weight is 276 g/mol. The van der Waals surface area contributed by atoms with Crippen molar-refractivity contribution in [3.8, 4) is 0 Å². The van der Waals surface area contributed by atoms with E-state index in [1.165, 1.54) is 7.11 Å². The van der Waals surface area contributed by atoms with Gasteiger partial charge in [-0.3, -0.25) is 0 Å². The lowest BCUT2D eigenvalue weighted by Crippen LogP contribution is -2.35. The molecule has 19 heavy (non-hydrogen) atoms. The van der Waals surface area contributed by atoms with Gasteiger partial charge < -0.3 is 10.1 Å². The molecular weight excluding hydrogens is 261 g/mol. The third-order valence-corrected chi connectivity index (χ3v) is 2.51. The van der Waals surface area contributed by atoms with Gasteiger partial charge in [-0.15, -0.1) is 0 Å². The van der Waals surface area contributed by atoms with Gasteiger partial charge in [0.2, 0.25) is 0 Å². The maximum absolute atomic E-state index is 12.5. The molecule has 1 unspecified atom stereocenters. The van der Waals surface area contributed by atoms with Crippen molar-refractivity contribution < 1.29 is 22.7 Å². The van der Waals surface area contributed by atoms with Gasteiger partial charge in [-0.2, -0.15) is 13.2 Å². The van der Waals surface area contributed by atoms with E-state index in [1.54, 1.807) is 13.8 Å². The van der Waals surface area contributed by atoms with Crippen LogP contribution in [0.1, 0.15) is 19.4 Å². The minimum atomic E-state index is -4.45. The van der Waals surface area contributed by atoms with Crippen LogP contribution in [-0.2, 0) is 15.7 Å². The van der Waals surface area contributed by atoms with Crippen LogP contribution in [0, 0.1) is 5.92 Å². The van der Waals surface area contributed by atoms with E-state index in [0.717, 1.165) is 18.3 Å². The molecule has 1 aromatic heterocycles. The molecule has 1 heterocycles. The Labute approximate surface area is 109 Å². The lowest BCUT2D eigenvalue weighted by molar-refractivity contribution is -0.142. The summed E-state index contributed by atoms with van der Waals surface area (Å²) in [4.78, 5) is 15.3. The second-order valence-electron chi connectivity index (χ2n) is 4.32. The van der Waals surface area contributed by atoms with Crippen molar-refractivity contribution in [2.24, 2.45) is 5.92 Å². The number of methoxy groups -OCH3 is 1. The lowest BCUT2D eigenvalue weighted by Gasteiger charge is -2.20. The van der Waals surface area contributed by atoms with Crippen molar-refractivity contribution in [2.75, 3.05) is 12.4 Å². The van der Waals surface area contributed by atoms with Crippen LogP contribution in [0.15, 0.2) is 18.3 Å². The van der Waals surface area contributed by atoms with Gasteiger partial charge in [0.25, 0.3) is 0 Å². The summed E-state index contributed by atoms with van der Waals surface area (Å²) in [6.07, 6.45) is -3.40. The molecule has 0 aliphatic carbocycles. The zero-order valence-corrected chi connectivity index (χ0v) is 10.8. The highest BCUT2D eigenvalue weighted by molar-refractivity contribution is 5.79. The number of alkyl halides is 3. The first-order valence-electron chi connectivity index (χ1n) is 5.63. The number of carbonyl (C=O) groups is 1. The van der Waals surface area contributed by atoms with Crippen molar-refractivity contribution >= 4 is 11.8 Å². The summed E-state index contributed by atoms with van der Waals surface area (Å²) in [5, 5.41) is 2.66. The Morgan fingerprint density at radius 1 is 1.42 bits per heavy atom. The van der Waals surface area contributed by atoms with Gasteiger partial charge >= 0.3 is 12.1 Å². The number of anilines is 1. The second kappa shape index (κ2) is 5.90. The number of halogens is 3. The van der Waals surface area contributed by atoms with Crippen LogP contribution >= 0.6 is 0 Å². The topological polar surface area (TPSA) is 51.2 Å². The van der Waals surface area contributed by atoms with Gasteiger partial charge in [-0.1, -0.05) is 13.8 Å². The fourth-order valence-electron chi connectivity index (χ4n) is 1.47. The van der Waals surface area contributed by atoms with E-state index in [1.807, 2.05) is 0 Å². The predicted octanol–water partition coefficient (Wildman–Crippen LogP) is 2.71. The molecule has 0 aliphatic heterocycles. The number of pyridine rings is 1. The van der Waals surface area contributed by atoms with Crippen LogP contribution in [0.3, 0.4) is 0 Å². The Bertz CT molecular complexity index is 447. The summed E-state index contributed by atoms with van der Waals surface area (Å²) in [5.74, 6) is -0.711. The van der Waals surface area contributed by atoms with Crippen LogP contribution in [0.25, 0.3) is 0 Å². The van der Waals surface area contributed by atoms with Crippen molar-refractivity contribution in [3.05, 3.63) is 23.9 Å². The van der Waals surface area contributed by atoms with Gasteiger partial charge in [0.15, 0.2) is 0 Å². The summed E-state index contributed by atoms with van der Waals surface area (Å²) in [7, 11) is 1.22. The zero-order chi connectivity index (χ0) is 14.6. The molecule has 1 atom stereocenters. The monoisotopic (exact) mass is 276 g/mol. The van der Waals surface area contributed by atoms with E-state index in [9.17, 15) is 18.0 Å². The Balaban J connectivity index is 2.95. The fourth-order valence-corrected chi connectivity index (χ4v) is 1.47. The van der Waals surface area contributed by atoms with E-state index >= 15 is 0 Å². The number of rotatable bonds is 4. The largest absolute Gasteiger partial charge is 0.467 e. The SMILES string of the molecule is COC(=O)C(Nc1cc(C(F)(F)F)ccn1)C(C)C. The Kier molecular flexibility index (Phi) is 4.74. The summed E-state index contributed by atoms with van der Waals surface area (Å²) in [6.45, 7) is 3.50. The molecular formula is C12H15F3N2O2. The van der Waals surface area contributed by atoms with Crippen LogP contribution in [0.2, 0.25) is 0 Å². The molecule has 0 aliphatic rings. The lowest BCUT2D eigenvalue weighted by atomic mass is 10.0. The molecule has 0 aromatic carbocycles. The first-order chi connectivity index (χ1) is 8.75. The summed E-state index contributed by atoms with van der Waals surface area (Å²) in [5.41, 5.74) is -0.822. The van der Waals surface area contributed by atoms with E-state index in [0.29, 0.717) is 0 Å². The van der Waals surface area contributed by atoms with Crippen LogP contribution in [0.4, 0.5) is 19.0 Å². The number of nitrogens with one attached hydrogen (secondary N) is 1. The van der Waals surface area contributed by atoms with Gasteiger partial charge in [-0.05, 0) is 18.1 Å². The van der Waals surface area contributed by atoms with E-state index in [-0.39, 0.29) is 11.7 Å². The minimum Gasteiger partial charge on any atom is -0.467 e. The van der Waals surface area contributed by atoms with Gasteiger partial charge in [0.1, 0.15) is 11.9 Å². The molecule has 0 saturated heterocycles. The highest BCUT2D eigenvalue weighted by Gasteiger charge is 2.31. The van der Waals surface area contributed by atoms with Crippen LogP contribution in [-0.4, -0.2) is 24.1 Å². The molecule has 4 nitrogen and oxygen atoms in total. The summed E-state index contributed by atoms with van der Waals surface area (Å²) in [6, 6.07) is 0.979. The molecule has 1 N–H and O–H groups in total. The number of carbonyl (C=O) groups excluding carboxylic acids is 1. The molecule has 0 bridgehead atoms. The number of hydrogen-bond donors (Lipinski definition) is 1. The number of hydrogen-bond acceptors (Lipinski definition) is 4.